The van der Waals surface area contributed by atoms with Crippen molar-refractivity contribution in [2.45, 2.75) is 25.6 Å². The van der Waals surface area contributed by atoms with Crippen molar-refractivity contribution in [2.75, 3.05) is 20.3 Å². The SMILES string of the molecule is COC(=O)c1ccnc(/C(COc2ccc(Cl)c(Cl)c2)=N/OC2CCCCO2)c1. The Bertz CT molecular complexity index is 885. The van der Waals surface area contributed by atoms with Gasteiger partial charge in [0.15, 0.2) is 0 Å². The molecule has 29 heavy (non-hydrogen) atoms. The molecule has 0 saturated carbocycles. The lowest BCUT2D eigenvalue weighted by molar-refractivity contribution is -0.162. The van der Waals surface area contributed by atoms with Crippen molar-refractivity contribution in [3.05, 3.63) is 57.8 Å². The normalized spacial score (nSPS) is 16.9. The fourth-order valence-corrected chi connectivity index (χ4v) is 2.90. The van der Waals surface area contributed by atoms with Gasteiger partial charge in [-0.1, -0.05) is 28.4 Å². The smallest absolute Gasteiger partial charge is 0.337 e. The number of methoxy groups -OCH3 is 1. The molecule has 0 amide bonds. The van der Waals surface area contributed by atoms with Gasteiger partial charge in [-0.2, -0.15) is 0 Å². The first-order valence-electron chi connectivity index (χ1n) is 9.03. The maximum atomic E-state index is 11.8. The zero-order valence-electron chi connectivity index (χ0n) is 15.8. The second-order valence-corrected chi connectivity index (χ2v) is 7.04. The summed E-state index contributed by atoms with van der Waals surface area (Å²) in [5, 5.41) is 5.00. The number of esters is 1. The molecule has 1 saturated heterocycles. The molecule has 7 nitrogen and oxygen atoms in total. The maximum absolute atomic E-state index is 11.8. The van der Waals surface area contributed by atoms with Crippen molar-refractivity contribution >= 4 is 34.9 Å². The molecule has 1 unspecified atom stereocenters. The van der Waals surface area contributed by atoms with E-state index < -0.39 is 12.3 Å². The molecular weight excluding hydrogens is 419 g/mol. The number of ether oxygens (including phenoxy) is 3. The Morgan fingerprint density at radius 1 is 1.24 bits per heavy atom. The summed E-state index contributed by atoms with van der Waals surface area (Å²) < 4.78 is 16.1. The molecule has 1 aliphatic rings. The third-order valence-corrected chi connectivity index (χ3v) is 4.90. The Balaban J connectivity index is 1.80. The van der Waals surface area contributed by atoms with E-state index in [1.807, 2.05) is 0 Å². The fourth-order valence-electron chi connectivity index (χ4n) is 2.62. The van der Waals surface area contributed by atoms with Gasteiger partial charge >= 0.3 is 5.97 Å². The van der Waals surface area contributed by atoms with Crippen molar-refractivity contribution < 1.29 is 23.8 Å². The molecule has 3 rings (SSSR count). The summed E-state index contributed by atoms with van der Waals surface area (Å²) in [4.78, 5) is 21.7. The molecule has 2 heterocycles. The van der Waals surface area contributed by atoms with Crippen LogP contribution in [-0.2, 0) is 14.3 Å². The second-order valence-electron chi connectivity index (χ2n) is 6.23. The van der Waals surface area contributed by atoms with E-state index >= 15 is 0 Å². The number of nitrogens with zero attached hydrogens (tertiary/aromatic N) is 2. The first-order valence-corrected chi connectivity index (χ1v) is 9.79. The summed E-state index contributed by atoms with van der Waals surface area (Å²) in [6, 6.07) is 8.05. The van der Waals surface area contributed by atoms with Crippen LogP contribution in [0.25, 0.3) is 0 Å². The summed E-state index contributed by atoms with van der Waals surface area (Å²) >= 11 is 12.0. The first-order chi connectivity index (χ1) is 14.1. The van der Waals surface area contributed by atoms with Gasteiger partial charge in [0, 0.05) is 18.7 Å². The van der Waals surface area contributed by atoms with Crippen LogP contribution in [0.15, 0.2) is 41.7 Å². The largest absolute Gasteiger partial charge is 0.487 e. The van der Waals surface area contributed by atoms with Crippen LogP contribution in [0, 0.1) is 0 Å². The van der Waals surface area contributed by atoms with Crippen LogP contribution in [0.1, 0.15) is 35.3 Å². The molecule has 2 aromatic rings. The molecule has 0 aliphatic carbocycles. The fraction of sp³-hybridized carbons (Fsp3) is 0.350. The summed E-state index contributed by atoms with van der Waals surface area (Å²) in [6.45, 7) is 0.660. The van der Waals surface area contributed by atoms with E-state index in [-0.39, 0.29) is 6.61 Å². The number of benzene rings is 1. The van der Waals surface area contributed by atoms with E-state index in [0.717, 1.165) is 19.3 Å². The molecule has 1 atom stereocenters. The van der Waals surface area contributed by atoms with Gasteiger partial charge in [-0.15, -0.1) is 0 Å². The molecular formula is C20H20Cl2N2O5. The van der Waals surface area contributed by atoms with Crippen LogP contribution < -0.4 is 4.74 Å². The van der Waals surface area contributed by atoms with Crippen molar-refractivity contribution in [2.24, 2.45) is 5.16 Å². The Labute approximate surface area is 178 Å². The van der Waals surface area contributed by atoms with Gasteiger partial charge in [0.25, 0.3) is 0 Å². The topological polar surface area (TPSA) is 79.2 Å². The van der Waals surface area contributed by atoms with Gasteiger partial charge in [-0.25, -0.2) is 4.79 Å². The van der Waals surface area contributed by atoms with Crippen LogP contribution in [0.5, 0.6) is 5.75 Å². The van der Waals surface area contributed by atoms with Crippen molar-refractivity contribution in [1.29, 1.82) is 0 Å². The predicted octanol–water partition coefficient (Wildman–Crippen LogP) is 4.50. The number of halogens is 2. The average molecular weight is 439 g/mol. The van der Waals surface area contributed by atoms with Gasteiger partial charge in [0.2, 0.25) is 6.29 Å². The van der Waals surface area contributed by atoms with Crippen molar-refractivity contribution in [1.82, 2.24) is 4.98 Å². The third-order valence-electron chi connectivity index (χ3n) is 4.16. The number of aromatic nitrogens is 1. The van der Waals surface area contributed by atoms with Crippen LogP contribution in [-0.4, -0.2) is 43.3 Å². The van der Waals surface area contributed by atoms with E-state index in [0.29, 0.717) is 39.4 Å². The van der Waals surface area contributed by atoms with E-state index in [1.54, 1.807) is 30.3 Å². The molecule has 1 aromatic heterocycles. The van der Waals surface area contributed by atoms with Gasteiger partial charge in [-0.3, -0.25) is 4.98 Å². The quantitative estimate of drug-likeness (QED) is 0.359. The number of hydrogen-bond acceptors (Lipinski definition) is 7. The molecule has 9 heteroatoms. The highest BCUT2D eigenvalue weighted by Gasteiger charge is 2.17. The Morgan fingerprint density at radius 3 is 2.83 bits per heavy atom. The first kappa shape index (κ1) is 21.4. The van der Waals surface area contributed by atoms with E-state index in [4.69, 9.17) is 42.3 Å². The molecule has 0 radical (unpaired) electrons. The number of rotatable bonds is 7. The summed E-state index contributed by atoms with van der Waals surface area (Å²) in [5.41, 5.74) is 1.15. The van der Waals surface area contributed by atoms with Crippen molar-refractivity contribution in [3.63, 3.8) is 0 Å². The maximum Gasteiger partial charge on any atom is 0.337 e. The van der Waals surface area contributed by atoms with E-state index in [9.17, 15) is 4.79 Å². The number of carbonyl (C=O) groups is 1. The van der Waals surface area contributed by atoms with Crippen LogP contribution >= 0.6 is 23.2 Å². The highest BCUT2D eigenvalue weighted by molar-refractivity contribution is 6.42. The van der Waals surface area contributed by atoms with E-state index in [2.05, 4.69) is 10.1 Å². The van der Waals surface area contributed by atoms with Crippen LogP contribution in [0.3, 0.4) is 0 Å². The zero-order valence-corrected chi connectivity index (χ0v) is 17.3. The summed E-state index contributed by atoms with van der Waals surface area (Å²) in [7, 11) is 1.31. The average Bonchev–Trinajstić information content (AvgIpc) is 2.76. The van der Waals surface area contributed by atoms with Crippen LogP contribution in [0.4, 0.5) is 0 Å². The van der Waals surface area contributed by atoms with Gasteiger partial charge in [0.1, 0.15) is 18.1 Å². The molecule has 154 valence electrons. The second kappa shape index (κ2) is 10.4. The molecule has 0 bridgehead atoms. The lowest BCUT2D eigenvalue weighted by Gasteiger charge is -2.20. The Kier molecular flexibility index (Phi) is 7.69. The minimum absolute atomic E-state index is 0.0301. The minimum atomic E-state index is -0.477. The highest BCUT2D eigenvalue weighted by atomic mass is 35.5. The monoisotopic (exact) mass is 438 g/mol. The molecule has 1 fully saturated rings. The number of carbonyl (C=O) groups excluding carboxylic acids is 1. The summed E-state index contributed by atoms with van der Waals surface area (Å²) in [5.74, 6) is 0.0278. The predicted molar refractivity (Wildman–Crippen MR) is 109 cm³/mol. The van der Waals surface area contributed by atoms with Crippen LogP contribution in [0.2, 0.25) is 10.0 Å². The van der Waals surface area contributed by atoms with Gasteiger partial charge in [-0.05, 0) is 37.1 Å². The molecule has 0 N–H and O–H groups in total. The number of oxime groups is 1. The highest BCUT2D eigenvalue weighted by Crippen LogP contribution is 2.26. The third kappa shape index (κ3) is 6.06. The van der Waals surface area contributed by atoms with Crippen molar-refractivity contribution in [3.8, 4) is 5.75 Å². The Morgan fingerprint density at radius 2 is 2.10 bits per heavy atom. The lowest BCUT2D eigenvalue weighted by Crippen LogP contribution is -2.22. The summed E-state index contributed by atoms with van der Waals surface area (Å²) in [6.07, 6.45) is 3.82. The standard InChI is InChI=1S/C20H20Cl2N2O5/c1-26-20(25)13-7-8-23-17(10-13)18(24-29-19-4-2-3-9-27-19)12-28-14-5-6-15(21)16(22)11-14/h5-8,10-11,19H,2-4,9,12H2,1H3/b24-18+. The lowest BCUT2D eigenvalue weighted by atomic mass is 10.2. The number of pyridine rings is 1. The minimum Gasteiger partial charge on any atom is -0.487 e. The zero-order chi connectivity index (χ0) is 20.6. The van der Waals surface area contributed by atoms with Gasteiger partial charge in [0.05, 0.1) is 35.0 Å². The Hall–Kier alpha value is -2.35. The molecule has 0 spiro atoms. The molecule has 1 aromatic carbocycles. The molecule has 1 aliphatic heterocycles. The van der Waals surface area contributed by atoms with E-state index in [1.165, 1.54) is 13.3 Å². The number of hydrogen-bond donors (Lipinski definition) is 0. The van der Waals surface area contributed by atoms with Gasteiger partial charge < -0.3 is 19.0 Å².